The molecular formula is C24H21N3O2. The fraction of sp³-hybridized carbons (Fsp3) is 0.167. The summed E-state index contributed by atoms with van der Waals surface area (Å²) in [4.78, 5) is 23.3. The molecule has 3 aromatic carbocycles. The predicted molar refractivity (Wildman–Crippen MR) is 115 cm³/mol. The van der Waals surface area contributed by atoms with Crippen LogP contribution in [0.15, 0.2) is 66.7 Å². The molecule has 1 amide bonds. The highest BCUT2D eigenvalue weighted by atomic mass is 16.5. The minimum atomic E-state index is -0.0275. The number of nitrogens with one attached hydrogen (secondary N) is 1. The van der Waals surface area contributed by atoms with Crippen LogP contribution < -0.4 is 0 Å². The Balaban J connectivity index is 1.66. The molecule has 4 aromatic rings. The Labute approximate surface area is 168 Å². The molecule has 1 fully saturated rings. The van der Waals surface area contributed by atoms with Crippen LogP contribution in [0.2, 0.25) is 0 Å². The van der Waals surface area contributed by atoms with Crippen molar-refractivity contribution in [3.8, 4) is 0 Å². The predicted octanol–water partition coefficient (Wildman–Crippen LogP) is 4.12. The lowest BCUT2D eigenvalue weighted by molar-refractivity contribution is -0.128. The zero-order valence-corrected chi connectivity index (χ0v) is 16.0. The van der Waals surface area contributed by atoms with Crippen LogP contribution in [0.25, 0.3) is 33.5 Å². The van der Waals surface area contributed by atoms with Crippen molar-refractivity contribution in [3.63, 3.8) is 0 Å². The molecule has 0 radical (unpaired) electrons. The van der Waals surface area contributed by atoms with E-state index < -0.39 is 0 Å². The highest BCUT2D eigenvalue weighted by Gasteiger charge is 2.24. The monoisotopic (exact) mass is 383 g/mol. The third kappa shape index (κ3) is 3.41. The molecule has 1 saturated heterocycles. The number of morpholine rings is 1. The molecule has 0 atom stereocenters. The lowest BCUT2D eigenvalue weighted by atomic mass is 10.0. The second-order valence-electron chi connectivity index (χ2n) is 7.13. The van der Waals surface area contributed by atoms with Crippen LogP contribution in [-0.4, -0.2) is 47.1 Å². The number of fused-ring (bicyclic) bond motifs is 2. The second kappa shape index (κ2) is 7.53. The number of amides is 1. The van der Waals surface area contributed by atoms with E-state index in [1.54, 1.807) is 0 Å². The molecule has 1 aliphatic heterocycles. The normalized spacial score (nSPS) is 15.2. The fourth-order valence-corrected chi connectivity index (χ4v) is 3.78. The largest absolute Gasteiger partial charge is 0.378 e. The first-order chi connectivity index (χ1) is 14.3. The third-order valence-electron chi connectivity index (χ3n) is 5.30. The van der Waals surface area contributed by atoms with Gasteiger partial charge in [0.2, 0.25) is 0 Å². The summed E-state index contributed by atoms with van der Waals surface area (Å²) in [5.74, 6) is 0.566. The number of aromatic nitrogens is 2. The number of carbonyl (C=O) groups excluding carboxylic acids is 1. The number of ether oxygens (including phenoxy) is 1. The molecule has 0 spiro atoms. The Bertz CT molecular complexity index is 1180. The van der Waals surface area contributed by atoms with Crippen LogP contribution in [0.3, 0.4) is 0 Å². The van der Waals surface area contributed by atoms with Crippen LogP contribution in [0.5, 0.6) is 0 Å². The van der Waals surface area contributed by atoms with Crippen molar-refractivity contribution in [2.45, 2.75) is 0 Å². The van der Waals surface area contributed by atoms with Gasteiger partial charge in [-0.2, -0.15) is 0 Å². The van der Waals surface area contributed by atoms with E-state index in [1.165, 1.54) is 0 Å². The Kier molecular flexibility index (Phi) is 4.58. The average Bonchev–Trinajstić information content (AvgIpc) is 3.21. The first-order valence-corrected chi connectivity index (χ1v) is 9.81. The molecule has 5 nitrogen and oxygen atoms in total. The summed E-state index contributed by atoms with van der Waals surface area (Å²) in [6.07, 6.45) is 1.96. The maximum absolute atomic E-state index is 13.5. The van der Waals surface area contributed by atoms with E-state index in [4.69, 9.17) is 9.72 Å². The van der Waals surface area contributed by atoms with E-state index >= 15 is 0 Å². The molecule has 0 bridgehead atoms. The van der Waals surface area contributed by atoms with Crippen molar-refractivity contribution < 1.29 is 9.53 Å². The maximum atomic E-state index is 13.5. The van der Waals surface area contributed by atoms with Crippen molar-refractivity contribution in [1.82, 2.24) is 14.9 Å². The van der Waals surface area contributed by atoms with E-state index in [1.807, 2.05) is 59.5 Å². The number of hydrogen-bond donors (Lipinski definition) is 1. The van der Waals surface area contributed by atoms with Crippen LogP contribution >= 0.6 is 0 Å². The van der Waals surface area contributed by atoms with Gasteiger partial charge in [0.25, 0.3) is 5.91 Å². The molecule has 29 heavy (non-hydrogen) atoms. The Morgan fingerprint density at radius 3 is 2.59 bits per heavy atom. The summed E-state index contributed by atoms with van der Waals surface area (Å²) >= 11 is 0. The van der Waals surface area contributed by atoms with Crippen molar-refractivity contribution >= 4 is 39.4 Å². The lowest BCUT2D eigenvalue weighted by Gasteiger charge is -2.27. The maximum Gasteiger partial charge on any atom is 0.257 e. The first-order valence-electron chi connectivity index (χ1n) is 9.81. The Morgan fingerprint density at radius 1 is 0.966 bits per heavy atom. The third-order valence-corrected chi connectivity index (χ3v) is 5.30. The first kappa shape index (κ1) is 17.6. The number of para-hydroxylation sites is 2. The van der Waals surface area contributed by atoms with Crippen LogP contribution in [0, 0.1) is 0 Å². The minimum Gasteiger partial charge on any atom is -0.378 e. The van der Waals surface area contributed by atoms with Crippen molar-refractivity contribution in [2.75, 3.05) is 26.3 Å². The molecular weight excluding hydrogens is 362 g/mol. The summed E-state index contributed by atoms with van der Waals surface area (Å²) in [5, 5.41) is 2.25. The second-order valence-corrected chi connectivity index (χ2v) is 7.13. The number of nitrogens with zero attached hydrogens (tertiary/aromatic N) is 2. The van der Waals surface area contributed by atoms with Crippen LogP contribution in [-0.2, 0) is 9.53 Å². The van der Waals surface area contributed by atoms with Gasteiger partial charge in [-0.05, 0) is 34.5 Å². The van der Waals surface area contributed by atoms with Crippen molar-refractivity contribution in [1.29, 1.82) is 0 Å². The minimum absolute atomic E-state index is 0.0275. The number of carbonyl (C=O) groups is 1. The quantitative estimate of drug-likeness (QED) is 0.542. The van der Waals surface area contributed by atoms with Crippen molar-refractivity contribution in [3.05, 3.63) is 78.1 Å². The van der Waals surface area contributed by atoms with Gasteiger partial charge in [0, 0.05) is 13.1 Å². The Morgan fingerprint density at radius 2 is 1.72 bits per heavy atom. The highest BCUT2D eigenvalue weighted by Crippen LogP contribution is 2.26. The van der Waals surface area contributed by atoms with E-state index in [9.17, 15) is 4.79 Å². The van der Waals surface area contributed by atoms with Crippen LogP contribution in [0.1, 0.15) is 11.4 Å². The van der Waals surface area contributed by atoms with E-state index in [0.29, 0.717) is 37.7 Å². The molecule has 0 saturated carbocycles. The summed E-state index contributed by atoms with van der Waals surface area (Å²) < 4.78 is 5.42. The summed E-state index contributed by atoms with van der Waals surface area (Å²) in [5.41, 5.74) is 3.34. The molecule has 5 heteroatoms. The summed E-state index contributed by atoms with van der Waals surface area (Å²) in [6.45, 7) is 2.30. The van der Waals surface area contributed by atoms with E-state index in [-0.39, 0.29) is 5.91 Å². The van der Waals surface area contributed by atoms with Gasteiger partial charge < -0.3 is 14.6 Å². The number of H-pyrrole nitrogens is 1. The van der Waals surface area contributed by atoms with Crippen LogP contribution in [0.4, 0.5) is 0 Å². The number of imidazole rings is 1. The van der Waals surface area contributed by atoms with Gasteiger partial charge in [0.1, 0.15) is 5.82 Å². The number of aromatic amines is 1. The number of hydrogen-bond acceptors (Lipinski definition) is 3. The molecule has 5 rings (SSSR count). The van der Waals surface area contributed by atoms with Crippen molar-refractivity contribution in [2.24, 2.45) is 0 Å². The van der Waals surface area contributed by atoms with Gasteiger partial charge in [0.15, 0.2) is 0 Å². The zero-order chi connectivity index (χ0) is 19.6. The van der Waals surface area contributed by atoms with Gasteiger partial charge >= 0.3 is 0 Å². The molecule has 0 unspecified atom stereocenters. The van der Waals surface area contributed by atoms with Gasteiger partial charge in [0.05, 0.1) is 29.8 Å². The van der Waals surface area contributed by atoms with Gasteiger partial charge in [-0.1, -0.05) is 54.6 Å². The van der Waals surface area contributed by atoms with E-state index in [2.05, 4.69) is 23.2 Å². The molecule has 1 aromatic heterocycles. The van der Waals surface area contributed by atoms with Gasteiger partial charge in [-0.3, -0.25) is 4.79 Å². The smallest absolute Gasteiger partial charge is 0.257 e. The SMILES string of the molecule is O=C(C(=Cc1cccc2ccccc12)c1nc2ccccc2[nH]1)N1CCOCC1. The average molecular weight is 383 g/mol. The molecule has 1 aliphatic rings. The lowest BCUT2D eigenvalue weighted by Crippen LogP contribution is -2.41. The summed E-state index contributed by atoms with van der Waals surface area (Å²) in [6, 6.07) is 22.2. The standard InChI is InChI=1S/C24H21N3O2/c28-24(27-12-14-29-15-13-27)20(23-25-21-10-3-4-11-22(21)26-23)16-18-8-5-7-17-6-1-2-9-19(17)18/h1-11,16H,12-15H2,(H,25,26). The van der Waals surface area contributed by atoms with E-state index in [0.717, 1.165) is 27.4 Å². The highest BCUT2D eigenvalue weighted by molar-refractivity contribution is 6.24. The number of benzene rings is 3. The number of rotatable bonds is 3. The zero-order valence-electron chi connectivity index (χ0n) is 16.0. The molecule has 144 valence electrons. The molecule has 0 aliphatic carbocycles. The molecule has 2 heterocycles. The molecule has 1 N–H and O–H groups in total. The van der Waals surface area contributed by atoms with Gasteiger partial charge in [-0.25, -0.2) is 4.98 Å². The Hall–Kier alpha value is -3.44. The fourth-order valence-electron chi connectivity index (χ4n) is 3.78. The topological polar surface area (TPSA) is 58.2 Å². The van der Waals surface area contributed by atoms with Gasteiger partial charge in [-0.15, -0.1) is 0 Å². The summed E-state index contributed by atoms with van der Waals surface area (Å²) in [7, 11) is 0.